The first kappa shape index (κ1) is 18.6. The van der Waals surface area contributed by atoms with E-state index in [2.05, 4.69) is 15.2 Å². The van der Waals surface area contributed by atoms with Crippen LogP contribution in [0, 0.1) is 0 Å². The molecule has 7 heteroatoms. The van der Waals surface area contributed by atoms with E-state index >= 15 is 0 Å². The van der Waals surface area contributed by atoms with Gasteiger partial charge in [0, 0.05) is 18.0 Å². The van der Waals surface area contributed by atoms with Gasteiger partial charge in [0.05, 0.1) is 24.0 Å². The highest BCUT2D eigenvalue weighted by molar-refractivity contribution is 5.92. The number of furan rings is 1. The smallest absolute Gasteiger partial charge is 0.283 e. The van der Waals surface area contributed by atoms with Crippen LogP contribution in [0.15, 0.2) is 69.7 Å². The lowest BCUT2D eigenvalue weighted by Gasteiger charge is -2.18. The lowest BCUT2D eigenvalue weighted by Crippen LogP contribution is -2.29. The number of hydrogen-bond acceptors (Lipinski definition) is 6. The fraction of sp³-hybridized carbons (Fsp3) is 0.182. The third-order valence-corrected chi connectivity index (χ3v) is 4.35. The molecule has 29 heavy (non-hydrogen) atoms. The zero-order valence-electron chi connectivity index (χ0n) is 16.0. The summed E-state index contributed by atoms with van der Waals surface area (Å²) in [5.74, 6) is 1.01. The third kappa shape index (κ3) is 4.40. The zero-order valence-corrected chi connectivity index (χ0v) is 16.0. The Labute approximate surface area is 167 Å². The molecule has 0 unspecified atom stereocenters. The number of rotatable bonds is 7. The Bertz CT molecular complexity index is 1130. The van der Waals surface area contributed by atoms with E-state index in [1.807, 2.05) is 43.3 Å². The van der Waals surface area contributed by atoms with Crippen molar-refractivity contribution in [1.29, 1.82) is 0 Å². The minimum Gasteiger partial charge on any atom is -0.459 e. The third-order valence-electron chi connectivity index (χ3n) is 4.35. The maximum absolute atomic E-state index is 12.7. The van der Waals surface area contributed by atoms with E-state index in [0.717, 1.165) is 23.0 Å². The molecule has 0 saturated heterocycles. The molecule has 0 aliphatic heterocycles. The SMILES string of the molecule is CCCN(Cc1nnc(-c2ccco2)o1)C(=O)C=Cc1ccc2ccccc2n1. The summed E-state index contributed by atoms with van der Waals surface area (Å²) in [7, 11) is 0. The minimum atomic E-state index is -0.139. The number of para-hydroxylation sites is 1. The lowest BCUT2D eigenvalue weighted by molar-refractivity contribution is -0.126. The molecule has 1 amide bonds. The van der Waals surface area contributed by atoms with Crippen LogP contribution in [0.25, 0.3) is 28.6 Å². The van der Waals surface area contributed by atoms with Crippen LogP contribution in [0.4, 0.5) is 0 Å². The molecular weight excluding hydrogens is 368 g/mol. The quantitative estimate of drug-likeness (QED) is 0.438. The second-order valence-corrected chi connectivity index (χ2v) is 6.50. The van der Waals surface area contributed by atoms with Gasteiger partial charge >= 0.3 is 0 Å². The highest BCUT2D eigenvalue weighted by atomic mass is 16.4. The Hall–Kier alpha value is -3.74. The number of hydrogen-bond donors (Lipinski definition) is 0. The molecule has 7 nitrogen and oxygen atoms in total. The van der Waals surface area contributed by atoms with Crippen LogP contribution in [0.1, 0.15) is 24.9 Å². The van der Waals surface area contributed by atoms with Crippen molar-refractivity contribution in [3.05, 3.63) is 72.5 Å². The molecule has 0 bridgehead atoms. The normalized spacial score (nSPS) is 11.3. The summed E-state index contributed by atoms with van der Waals surface area (Å²) >= 11 is 0. The number of aromatic nitrogens is 3. The van der Waals surface area contributed by atoms with Gasteiger partial charge < -0.3 is 13.7 Å². The van der Waals surface area contributed by atoms with Gasteiger partial charge in [0.15, 0.2) is 5.76 Å². The van der Waals surface area contributed by atoms with Gasteiger partial charge in [-0.3, -0.25) is 4.79 Å². The number of fused-ring (bicyclic) bond motifs is 1. The summed E-state index contributed by atoms with van der Waals surface area (Å²) in [4.78, 5) is 18.9. The van der Waals surface area contributed by atoms with Crippen molar-refractivity contribution in [2.75, 3.05) is 6.54 Å². The van der Waals surface area contributed by atoms with Crippen molar-refractivity contribution in [1.82, 2.24) is 20.1 Å². The second-order valence-electron chi connectivity index (χ2n) is 6.50. The molecule has 3 aromatic heterocycles. The number of nitrogens with zero attached hydrogens (tertiary/aromatic N) is 4. The molecule has 0 spiro atoms. The zero-order chi connectivity index (χ0) is 20.1. The van der Waals surface area contributed by atoms with Crippen molar-refractivity contribution in [2.45, 2.75) is 19.9 Å². The first-order valence-electron chi connectivity index (χ1n) is 9.42. The van der Waals surface area contributed by atoms with Gasteiger partial charge in [0.25, 0.3) is 5.89 Å². The van der Waals surface area contributed by atoms with E-state index in [1.165, 1.54) is 12.3 Å². The summed E-state index contributed by atoms with van der Waals surface area (Å²) in [5.41, 5.74) is 1.62. The van der Waals surface area contributed by atoms with Crippen molar-refractivity contribution in [3.8, 4) is 11.7 Å². The highest BCUT2D eigenvalue weighted by Gasteiger charge is 2.16. The van der Waals surface area contributed by atoms with Crippen LogP contribution in [0.2, 0.25) is 0 Å². The van der Waals surface area contributed by atoms with Crippen LogP contribution in [0.5, 0.6) is 0 Å². The number of carbonyl (C=O) groups excluding carboxylic acids is 1. The van der Waals surface area contributed by atoms with Gasteiger partial charge in [-0.2, -0.15) is 0 Å². The Balaban J connectivity index is 1.47. The first-order chi connectivity index (χ1) is 14.2. The Morgan fingerprint density at radius 3 is 2.83 bits per heavy atom. The van der Waals surface area contributed by atoms with E-state index in [1.54, 1.807) is 23.1 Å². The van der Waals surface area contributed by atoms with E-state index < -0.39 is 0 Å². The predicted octanol–water partition coefficient (Wildman–Crippen LogP) is 4.33. The van der Waals surface area contributed by atoms with E-state index in [9.17, 15) is 4.79 Å². The molecule has 0 N–H and O–H groups in total. The van der Waals surface area contributed by atoms with Gasteiger partial charge in [-0.25, -0.2) is 4.98 Å². The van der Waals surface area contributed by atoms with Gasteiger partial charge in [-0.05, 0) is 36.8 Å². The second kappa shape index (κ2) is 8.52. The molecule has 0 radical (unpaired) electrons. The number of pyridine rings is 1. The summed E-state index contributed by atoms with van der Waals surface area (Å²) in [6.45, 7) is 2.82. The number of benzene rings is 1. The van der Waals surface area contributed by atoms with Crippen molar-refractivity contribution >= 4 is 22.9 Å². The van der Waals surface area contributed by atoms with Gasteiger partial charge in [-0.15, -0.1) is 10.2 Å². The Morgan fingerprint density at radius 1 is 1.10 bits per heavy atom. The van der Waals surface area contributed by atoms with Crippen LogP contribution >= 0.6 is 0 Å². The van der Waals surface area contributed by atoms with E-state index in [-0.39, 0.29) is 12.5 Å². The van der Waals surface area contributed by atoms with Crippen LogP contribution in [-0.2, 0) is 11.3 Å². The Morgan fingerprint density at radius 2 is 2.00 bits per heavy atom. The van der Waals surface area contributed by atoms with Crippen molar-refractivity contribution in [2.24, 2.45) is 0 Å². The van der Waals surface area contributed by atoms with Crippen LogP contribution < -0.4 is 0 Å². The standard InChI is InChI=1S/C22H20N4O3/c1-2-13-26(15-20-24-25-22(29-20)19-8-5-14-28-19)21(27)12-11-17-10-9-16-6-3-4-7-18(16)23-17/h3-12,14H,2,13,15H2,1H3. The molecule has 4 rings (SSSR count). The highest BCUT2D eigenvalue weighted by Crippen LogP contribution is 2.19. The van der Waals surface area contributed by atoms with Gasteiger partial charge in [0.1, 0.15) is 0 Å². The topological polar surface area (TPSA) is 85.3 Å². The first-order valence-corrected chi connectivity index (χ1v) is 9.42. The monoisotopic (exact) mass is 388 g/mol. The molecule has 0 fully saturated rings. The summed E-state index contributed by atoms with van der Waals surface area (Å²) in [6.07, 6.45) is 5.60. The van der Waals surface area contributed by atoms with E-state index in [4.69, 9.17) is 8.83 Å². The minimum absolute atomic E-state index is 0.139. The molecule has 0 aliphatic rings. The van der Waals surface area contributed by atoms with Gasteiger partial charge in [0.2, 0.25) is 11.8 Å². The van der Waals surface area contributed by atoms with Crippen LogP contribution in [-0.4, -0.2) is 32.5 Å². The van der Waals surface area contributed by atoms with Crippen LogP contribution in [0.3, 0.4) is 0 Å². The average Bonchev–Trinajstić information content (AvgIpc) is 3.43. The maximum atomic E-state index is 12.7. The van der Waals surface area contributed by atoms with E-state index in [0.29, 0.717) is 24.1 Å². The fourth-order valence-electron chi connectivity index (χ4n) is 2.95. The van der Waals surface area contributed by atoms with Gasteiger partial charge in [-0.1, -0.05) is 31.2 Å². The summed E-state index contributed by atoms with van der Waals surface area (Å²) < 4.78 is 10.9. The molecule has 0 saturated carbocycles. The van der Waals surface area contributed by atoms with Crippen molar-refractivity contribution in [3.63, 3.8) is 0 Å². The lowest BCUT2D eigenvalue weighted by atomic mass is 10.2. The number of carbonyl (C=O) groups is 1. The molecule has 4 aromatic rings. The molecule has 0 atom stereocenters. The molecule has 1 aromatic carbocycles. The molecule has 146 valence electrons. The average molecular weight is 388 g/mol. The predicted molar refractivity (Wildman–Crippen MR) is 108 cm³/mol. The largest absolute Gasteiger partial charge is 0.459 e. The molecular formula is C22H20N4O3. The maximum Gasteiger partial charge on any atom is 0.283 e. The molecule has 3 heterocycles. The molecule has 0 aliphatic carbocycles. The summed E-state index contributed by atoms with van der Waals surface area (Å²) in [5, 5.41) is 9.06. The summed E-state index contributed by atoms with van der Waals surface area (Å²) in [6, 6.07) is 15.2. The Kier molecular flexibility index (Phi) is 5.47. The fourth-order valence-corrected chi connectivity index (χ4v) is 2.95. The number of amides is 1. The van der Waals surface area contributed by atoms with Crippen molar-refractivity contribution < 1.29 is 13.6 Å².